The van der Waals surface area contributed by atoms with E-state index in [2.05, 4.69) is 16.4 Å². The van der Waals surface area contributed by atoms with Crippen molar-refractivity contribution < 1.29 is 14.3 Å². The fourth-order valence-electron chi connectivity index (χ4n) is 5.59. The number of aliphatic imine (C=N–C) groups is 1. The van der Waals surface area contributed by atoms with E-state index in [-0.39, 0.29) is 17.8 Å². The molecule has 2 aromatic carbocycles. The molecule has 168 valence electrons. The number of hydrogen-bond acceptors (Lipinski definition) is 6. The fourth-order valence-corrected chi connectivity index (χ4v) is 6.48. The van der Waals surface area contributed by atoms with Crippen LogP contribution >= 0.6 is 11.8 Å². The summed E-state index contributed by atoms with van der Waals surface area (Å²) < 4.78 is 5.20. The number of carbonyl (C=O) groups is 2. The van der Waals surface area contributed by atoms with Crippen LogP contribution in [0, 0.1) is 16.7 Å². The molecule has 0 spiro atoms. The van der Waals surface area contributed by atoms with Gasteiger partial charge in [0.1, 0.15) is 5.41 Å². The second-order valence-electron chi connectivity index (χ2n) is 9.10. The van der Waals surface area contributed by atoms with Gasteiger partial charge in [-0.25, -0.2) is 9.79 Å². The molecule has 0 saturated carbocycles. The first kappa shape index (κ1) is 21.7. The topological polar surface area (TPSA) is 91.5 Å². The Hall–Kier alpha value is -3.11. The summed E-state index contributed by atoms with van der Waals surface area (Å²) in [6.07, 6.45) is 1.14. The zero-order chi connectivity index (χ0) is 23.2. The first-order valence-corrected chi connectivity index (χ1v) is 12.2. The Balaban J connectivity index is 1.50. The minimum Gasteiger partial charge on any atom is -0.464 e. The molecule has 1 N–H and O–H groups in total. The van der Waals surface area contributed by atoms with Crippen LogP contribution in [0.15, 0.2) is 53.5 Å². The van der Waals surface area contributed by atoms with Gasteiger partial charge in [0.15, 0.2) is 11.2 Å². The molecule has 6 nitrogen and oxygen atoms in total. The van der Waals surface area contributed by atoms with Gasteiger partial charge in [-0.3, -0.25) is 4.79 Å². The molecule has 0 radical (unpaired) electrons. The van der Waals surface area contributed by atoms with Gasteiger partial charge in [0.05, 0.1) is 18.1 Å². The first-order valence-electron chi connectivity index (χ1n) is 11.2. The minimum atomic E-state index is -0.884. The van der Waals surface area contributed by atoms with Crippen molar-refractivity contribution in [1.29, 1.82) is 5.26 Å². The highest BCUT2D eigenvalue weighted by atomic mass is 32.2. The second kappa shape index (κ2) is 8.03. The van der Waals surface area contributed by atoms with Crippen molar-refractivity contribution in [2.45, 2.75) is 44.1 Å². The van der Waals surface area contributed by atoms with Crippen LogP contribution < -0.4 is 5.32 Å². The van der Waals surface area contributed by atoms with Gasteiger partial charge in [-0.05, 0) is 42.0 Å². The molecule has 2 unspecified atom stereocenters. The van der Waals surface area contributed by atoms with Crippen LogP contribution in [-0.2, 0) is 19.7 Å². The zero-order valence-electron chi connectivity index (χ0n) is 18.6. The number of amides is 1. The van der Waals surface area contributed by atoms with Gasteiger partial charge < -0.3 is 10.1 Å². The van der Waals surface area contributed by atoms with Crippen molar-refractivity contribution in [2.75, 3.05) is 12.4 Å². The highest BCUT2D eigenvalue weighted by Crippen LogP contribution is 2.63. The number of carbonyl (C=O) groups excluding carboxylic acids is 2. The monoisotopic (exact) mass is 459 g/mol. The van der Waals surface area contributed by atoms with Crippen molar-refractivity contribution in [3.05, 3.63) is 70.8 Å². The van der Waals surface area contributed by atoms with Crippen molar-refractivity contribution in [1.82, 2.24) is 5.32 Å². The maximum absolute atomic E-state index is 13.8. The van der Waals surface area contributed by atoms with E-state index in [0.717, 1.165) is 28.7 Å². The van der Waals surface area contributed by atoms with Crippen LogP contribution in [0.4, 0.5) is 0 Å². The molecule has 0 fully saturated rings. The van der Waals surface area contributed by atoms with Crippen molar-refractivity contribution >= 4 is 28.8 Å². The number of benzene rings is 2. The van der Waals surface area contributed by atoms with Gasteiger partial charge in [-0.1, -0.05) is 67.2 Å². The number of amidine groups is 1. The number of nitrogens with one attached hydrogen (secondary N) is 1. The Bertz CT molecular complexity index is 1170. The average Bonchev–Trinajstić information content (AvgIpc) is 3.31. The third-order valence-corrected chi connectivity index (χ3v) is 8.00. The van der Waals surface area contributed by atoms with Crippen LogP contribution in [0.25, 0.3) is 0 Å². The van der Waals surface area contributed by atoms with E-state index in [1.54, 1.807) is 0 Å². The summed E-state index contributed by atoms with van der Waals surface area (Å²) in [6, 6.07) is 17.9. The predicted molar refractivity (Wildman–Crippen MR) is 127 cm³/mol. The molecule has 1 heterocycles. The summed E-state index contributed by atoms with van der Waals surface area (Å²) in [6.45, 7) is 4.25. The molecular weight excluding hydrogens is 434 g/mol. The summed E-state index contributed by atoms with van der Waals surface area (Å²) in [5.74, 6) is -0.253. The summed E-state index contributed by atoms with van der Waals surface area (Å²) in [4.78, 5) is 30.3. The first-order chi connectivity index (χ1) is 15.9. The number of ether oxygens (including phenoxy) is 1. The molecular formula is C26H25N3O3S. The number of hydrogen-bond donors (Lipinski definition) is 1. The highest BCUT2D eigenvalue weighted by Gasteiger charge is 2.61. The molecule has 2 aromatic rings. The number of rotatable bonds is 4. The Morgan fingerprint density at radius 3 is 2.42 bits per heavy atom. The lowest BCUT2D eigenvalue weighted by Crippen LogP contribution is -2.55. The normalized spacial score (nSPS) is 28.8. The van der Waals surface area contributed by atoms with Crippen molar-refractivity contribution in [2.24, 2.45) is 10.4 Å². The molecule has 6 rings (SSSR count). The lowest BCUT2D eigenvalue weighted by molar-refractivity contribution is -0.144. The Morgan fingerprint density at radius 2 is 1.82 bits per heavy atom. The van der Waals surface area contributed by atoms with Crippen LogP contribution in [0.3, 0.4) is 0 Å². The predicted octanol–water partition coefficient (Wildman–Crippen LogP) is 3.89. The molecule has 3 aliphatic carbocycles. The number of thioether (sulfide) groups is 1. The van der Waals surface area contributed by atoms with Gasteiger partial charge >= 0.3 is 5.97 Å². The summed E-state index contributed by atoms with van der Waals surface area (Å²) in [5.41, 5.74) is 2.32. The second-order valence-corrected chi connectivity index (χ2v) is 10.1. The molecule has 2 bridgehead atoms. The summed E-state index contributed by atoms with van der Waals surface area (Å²) in [5, 5.41) is 13.9. The van der Waals surface area contributed by atoms with Crippen LogP contribution in [0.2, 0.25) is 0 Å². The van der Waals surface area contributed by atoms with E-state index in [9.17, 15) is 14.9 Å². The van der Waals surface area contributed by atoms with E-state index < -0.39 is 16.9 Å². The SMILES string of the molecule is CCCOC(=O)C1CSC(NC(=O)C2(C)CC3(C#N)c4ccccc4C2c2ccccc23)=N1. The lowest BCUT2D eigenvalue weighted by atomic mass is 9.47. The lowest BCUT2D eigenvalue weighted by Gasteiger charge is -2.54. The maximum atomic E-state index is 13.8. The minimum absolute atomic E-state index is 0.169. The Morgan fingerprint density at radius 1 is 1.18 bits per heavy atom. The van der Waals surface area contributed by atoms with Gasteiger partial charge in [-0.15, -0.1) is 0 Å². The van der Waals surface area contributed by atoms with Gasteiger partial charge in [0.25, 0.3) is 0 Å². The van der Waals surface area contributed by atoms with Gasteiger partial charge in [-0.2, -0.15) is 5.26 Å². The quantitative estimate of drug-likeness (QED) is 0.701. The average molecular weight is 460 g/mol. The van der Waals surface area contributed by atoms with E-state index >= 15 is 0 Å². The number of nitrogens with zero attached hydrogens (tertiary/aromatic N) is 2. The Labute approximate surface area is 197 Å². The van der Waals surface area contributed by atoms with E-state index in [1.807, 2.05) is 62.4 Å². The molecule has 33 heavy (non-hydrogen) atoms. The molecule has 2 atom stereocenters. The van der Waals surface area contributed by atoms with Gasteiger partial charge in [0, 0.05) is 11.7 Å². The zero-order valence-corrected chi connectivity index (χ0v) is 19.4. The largest absolute Gasteiger partial charge is 0.464 e. The smallest absolute Gasteiger partial charge is 0.331 e. The summed E-state index contributed by atoms with van der Waals surface area (Å²) >= 11 is 1.35. The van der Waals surface area contributed by atoms with E-state index in [1.165, 1.54) is 11.8 Å². The number of esters is 1. The Kier molecular flexibility index (Phi) is 5.29. The maximum Gasteiger partial charge on any atom is 0.331 e. The highest BCUT2D eigenvalue weighted by molar-refractivity contribution is 8.14. The van der Waals surface area contributed by atoms with Crippen LogP contribution in [0.1, 0.15) is 54.9 Å². The fraction of sp³-hybridized carbons (Fsp3) is 0.385. The molecule has 4 aliphatic rings. The van der Waals surface area contributed by atoms with Crippen LogP contribution in [-0.4, -0.2) is 35.4 Å². The van der Waals surface area contributed by atoms with Crippen LogP contribution in [0.5, 0.6) is 0 Å². The van der Waals surface area contributed by atoms with Crippen molar-refractivity contribution in [3.63, 3.8) is 0 Å². The molecule has 7 heteroatoms. The van der Waals surface area contributed by atoms with Gasteiger partial charge in [0.2, 0.25) is 5.91 Å². The summed E-state index contributed by atoms with van der Waals surface area (Å²) in [7, 11) is 0. The third-order valence-electron chi connectivity index (χ3n) is 7.03. The molecule has 0 saturated heterocycles. The number of nitriles is 1. The standard InChI is InChI=1S/C26H25N3O3S/c1-3-12-32-22(30)20-13-33-24(28-20)29-23(31)25(2)14-26(15-27)18-10-6-4-8-16(18)21(25)17-9-5-7-11-19(17)26/h4-11,20-21H,3,12-14H2,1-2H3,(H,28,29,31). The molecule has 0 aromatic heterocycles. The molecule has 1 aliphatic heterocycles. The van der Waals surface area contributed by atoms with E-state index in [4.69, 9.17) is 4.74 Å². The molecule has 1 amide bonds. The third kappa shape index (κ3) is 3.19. The van der Waals surface area contributed by atoms with E-state index in [0.29, 0.717) is 23.9 Å². The van der Waals surface area contributed by atoms with Crippen molar-refractivity contribution in [3.8, 4) is 6.07 Å². The number of fused-ring (bicyclic) bond motifs is 1.